The van der Waals surface area contributed by atoms with Crippen LogP contribution in [0.4, 0.5) is 5.82 Å². The average molecular weight is 232 g/mol. The van der Waals surface area contributed by atoms with E-state index in [-0.39, 0.29) is 5.56 Å². The van der Waals surface area contributed by atoms with Crippen LogP contribution in [0.2, 0.25) is 0 Å². The van der Waals surface area contributed by atoms with Gasteiger partial charge in [-0.05, 0) is 6.07 Å². The van der Waals surface area contributed by atoms with Crippen LogP contribution in [0.1, 0.15) is 15.9 Å². The van der Waals surface area contributed by atoms with Crippen molar-refractivity contribution in [2.45, 2.75) is 0 Å². The van der Waals surface area contributed by atoms with E-state index in [1.807, 2.05) is 4.90 Å². The van der Waals surface area contributed by atoms with Gasteiger partial charge in [0.15, 0.2) is 0 Å². The fourth-order valence-corrected chi connectivity index (χ4v) is 1.72. The van der Waals surface area contributed by atoms with Gasteiger partial charge in [0.1, 0.15) is 11.4 Å². The van der Waals surface area contributed by atoms with Gasteiger partial charge in [-0.25, -0.2) is 9.78 Å². The molecule has 5 nitrogen and oxygen atoms in total. The Morgan fingerprint density at radius 2 is 2.24 bits per heavy atom. The van der Waals surface area contributed by atoms with Crippen molar-refractivity contribution >= 4 is 11.8 Å². The lowest BCUT2D eigenvalue weighted by Crippen LogP contribution is -2.37. The highest BCUT2D eigenvalue weighted by Crippen LogP contribution is 2.19. The summed E-state index contributed by atoms with van der Waals surface area (Å²) in [6.07, 6.45) is 6.74. The number of terminal acetylenes is 1. The number of ether oxygens (including phenoxy) is 1. The van der Waals surface area contributed by atoms with Gasteiger partial charge in [0.2, 0.25) is 0 Å². The van der Waals surface area contributed by atoms with Gasteiger partial charge < -0.3 is 14.7 Å². The lowest BCUT2D eigenvalue weighted by Gasteiger charge is -2.28. The van der Waals surface area contributed by atoms with E-state index in [4.69, 9.17) is 16.3 Å². The Morgan fingerprint density at radius 3 is 2.82 bits per heavy atom. The summed E-state index contributed by atoms with van der Waals surface area (Å²) in [5.74, 6) is 1.82. The minimum Gasteiger partial charge on any atom is -0.478 e. The normalized spacial score (nSPS) is 15.4. The zero-order valence-electron chi connectivity index (χ0n) is 9.22. The van der Waals surface area contributed by atoms with Crippen LogP contribution < -0.4 is 4.90 Å². The Morgan fingerprint density at radius 1 is 1.53 bits per heavy atom. The molecule has 17 heavy (non-hydrogen) atoms. The van der Waals surface area contributed by atoms with Crippen molar-refractivity contribution in [3.05, 3.63) is 23.4 Å². The SMILES string of the molecule is C#Cc1cnc(N2CCOCC2)c(C(=O)O)c1. The fraction of sp³-hybridized carbons (Fsp3) is 0.333. The summed E-state index contributed by atoms with van der Waals surface area (Å²) in [5.41, 5.74) is 0.613. The number of anilines is 1. The van der Waals surface area contributed by atoms with E-state index in [9.17, 15) is 4.79 Å². The summed E-state index contributed by atoms with van der Waals surface area (Å²) in [6.45, 7) is 2.45. The second-order valence-corrected chi connectivity index (χ2v) is 3.64. The van der Waals surface area contributed by atoms with E-state index in [1.54, 1.807) is 0 Å². The van der Waals surface area contributed by atoms with E-state index < -0.39 is 5.97 Å². The van der Waals surface area contributed by atoms with Crippen molar-refractivity contribution in [2.75, 3.05) is 31.2 Å². The molecule has 1 N–H and O–H groups in total. The van der Waals surface area contributed by atoms with E-state index in [0.29, 0.717) is 37.7 Å². The standard InChI is InChI=1S/C12H12N2O3/c1-2-9-7-10(12(15)16)11(13-8-9)14-3-5-17-6-4-14/h1,7-8H,3-6H2,(H,15,16). The van der Waals surface area contributed by atoms with E-state index in [2.05, 4.69) is 10.9 Å². The predicted octanol–water partition coefficient (Wildman–Crippen LogP) is 0.598. The third-order valence-electron chi connectivity index (χ3n) is 2.57. The lowest BCUT2D eigenvalue weighted by molar-refractivity contribution is 0.0695. The van der Waals surface area contributed by atoms with Crippen LogP contribution in [0.3, 0.4) is 0 Å². The van der Waals surface area contributed by atoms with E-state index in [1.165, 1.54) is 12.3 Å². The number of hydrogen-bond acceptors (Lipinski definition) is 4. The van der Waals surface area contributed by atoms with Gasteiger partial charge in [-0.3, -0.25) is 0 Å². The smallest absolute Gasteiger partial charge is 0.339 e. The molecule has 1 aromatic heterocycles. The highest BCUT2D eigenvalue weighted by molar-refractivity contribution is 5.93. The number of morpholine rings is 1. The Labute approximate surface area is 99.0 Å². The maximum absolute atomic E-state index is 11.2. The Bertz CT molecular complexity index is 473. The Hall–Kier alpha value is -2.06. The van der Waals surface area contributed by atoms with Gasteiger partial charge in [-0.15, -0.1) is 6.42 Å². The summed E-state index contributed by atoms with van der Waals surface area (Å²) in [4.78, 5) is 17.2. The molecular weight excluding hydrogens is 220 g/mol. The number of rotatable bonds is 2. The molecule has 0 bridgehead atoms. The number of carboxylic acids is 1. The Kier molecular flexibility index (Phi) is 3.26. The summed E-state index contributed by atoms with van der Waals surface area (Å²) in [7, 11) is 0. The molecule has 5 heteroatoms. The van der Waals surface area contributed by atoms with Crippen LogP contribution in [0.15, 0.2) is 12.3 Å². The maximum Gasteiger partial charge on any atom is 0.339 e. The van der Waals surface area contributed by atoms with Gasteiger partial charge in [0, 0.05) is 24.8 Å². The minimum atomic E-state index is -1.02. The van der Waals surface area contributed by atoms with Gasteiger partial charge >= 0.3 is 5.97 Å². The first kappa shape index (κ1) is 11.4. The third kappa shape index (κ3) is 2.37. The molecule has 0 saturated carbocycles. The monoisotopic (exact) mass is 232 g/mol. The van der Waals surface area contributed by atoms with Gasteiger partial charge in [0.05, 0.1) is 13.2 Å². The number of carbonyl (C=O) groups is 1. The number of aromatic nitrogens is 1. The highest BCUT2D eigenvalue weighted by Gasteiger charge is 2.20. The minimum absolute atomic E-state index is 0.141. The first-order valence-electron chi connectivity index (χ1n) is 5.25. The van der Waals surface area contributed by atoms with Crippen molar-refractivity contribution in [1.29, 1.82) is 0 Å². The average Bonchev–Trinajstić information content (AvgIpc) is 2.39. The van der Waals surface area contributed by atoms with Crippen LogP contribution in [-0.4, -0.2) is 42.4 Å². The topological polar surface area (TPSA) is 62.7 Å². The second kappa shape index (κ2) is 4.85. The molecule has 0 aliphatic carbocycles. The third-order valence-corrected chi connectivity index (χ3v) is 2.57. The largest absolute Gasteiger partial charge is 0.478 e. The molecule has 1 aliphatic heterocycles. The van der Waals surface area contributed by atoms with Gasteiger partial charge in [-0.2, -0.15) is 0 Å². The molecule has 0 spiro atoms. The van der Waals surface area contributed by atoms with Crippen LogP contribution in [0.5, 0.6) is 0 Å². The van der Waals surface area contributed by atoms with Crippen LogP contribution >= 0.6 is 0 Å². The maximum atomic E-state index is 11.2. The Balaban J connectivity index is 2.38. The zero-order valence-corrected chi connectivity index (χ0v) is 9.22. The number of nitrogens with zero attached hydrogens (tertiary/aromatic N) is 2. The molecule has 2 rings (SSSR count). The first-order valence-corrected chi connectivity index (χ1v) is 5.25. The predicted molar refractivity (Wildman–Crippen MR) is 62.2 cm³/mol. The van der Waals surface area contributed by atoms with Crippen molar-refractivity contribution in [1.82, 2.24) is 4.98 Å². The van der Waals surface area contributed by atoms with Crippen molar-refractivity contribution in [3.8, 4) is 12.3 Å². The van der Waals surface area contributed by atoms with E-state index in [0.717, 1.165) is 0 Å². The molecular formula is C12H12N2O3. The quantitative estimate of drug-likeness (QED) is 0.756. The molecule has 0 atom stereocenters. The molecule has 88 valence electrons. The van der Waals surface area contributed by atoms with Gasteiger partial charge in [0.25, 0.3) is 0 Å². The second-order valence-electron chi connectivity index (χ2n) is 3.64. The van der Waals surface area contributed by atoms with E-state index >= 15 is 0 Å². The summed E-state index contributed by atoms with van der Waals surface area (Å²) in [5, 5.41) is 9.15. The molecule has 1 saturated heterocycles. The molecule has 0 unspecified atom stereocenters. The van der Waals surface area contributed by atoms with Crippen molar-refractivity contribution in [3.63, 3.8) is 0 Å². The van der Waals surface area contributed by atoms with Crippen LogP contribution in [-0.2, 0) is 4.74 Å². The molecule has 0 radical (unpaired) electrons. The molecule has 1 aliphatic rings. The number of aromatic carboxylic acids is 1. The summed E-state index contributed by atoms with van der Waals surface area (Å²) < 4.78 is 5.22. The molecule has 0 amide bonds. The molecule has 0 aromatic carbocycles. The summed E-state index contributed by atoms with van der Waals surface area (Å²) >= 11 is 0. The van der Waals surface area contributed by atoms with Gasteiger partial charge in [-0.1, -0.05) is 5.92 Å². The van der Waals surface area contributed by atoms with Crippen LogP contribution in [0, 0.1) is 12.3 Å². The molecule has 2 heterocycles. The number of hydrogen-bond donors (Lipinski definition) is 1. The van der Waals surface area contributed by atoms with Crippen molar-refractivity contribution < 1.29 is 14.6 Å². The number of pyridine rings is 1. The lowest BCUT2D eigenvalue weighted by atomic mass is 10.1. The van der Waals surface area contributed by atoms with Crippen molar-refractivity contribution in [2.24, 2.45) is 0 Å². The summed E-state index contributed by atoms with van der Waals surface area (Å²) in [6, 6.07) is 1.47. The first-order chi connectivity index (χ1) is 8.22. The fourth-order valence-electron chi connectivity index (χ4n) is 1.72. The number of carboxylic acid groups (broad SMARTS) is 1. The molecule has 1 aromatic rings. The van der Waals surface area contributed by atoms with Crippen LogP contribution in [0.25, 0.3) is 0 Å². The molecule has 1 fully saturated rings. The highest BCUT2D eigenvalue weighted by atomic mass is 16.5. The zero-order chi connectivity index (χ0) is 12.3.